The Bertz CT molecular complexity index is 709. The van der Waals surface area contributed by atoms with E-state index in [0.717, 1.165) is 54.8 Å². The van der Waals surface area contributed by atoms with E-state index in [0.29, 0.717) is 26.4 Å². The van der Waals surface area contributed by atoms with Gasteiger partial charge >= 0.3 is 0 Å². The molecule has 1 heterocycles. The number of aliphatic imine (C=N–C) groups is 1. The molecule has 0 aliphatic rings. The maximum Gasteiger partial charge on any atom is 0.191 e. The van der Waals surface area contributed by atoms with Gasteiger partial charge in [0.2, 0.25) is 0 Å². The number of aromatic nitrogens is 1. The standard InChI is InChI=1S/C20H31FN4O2.HI/c1-3-4-10-26-12-13-27-11-9-24-20(22-2)23-8-7-16-15-25-19-14-17(21)5-6-18(16)19;/h5-6,14-15,25H,3-4,7-13H2,1-2H3,(H2,22,23,24);1H. The van der Waals surface area contributed by atoms with Crippen molar-refractivity contribution in [2.75, 3.05) is 46.6 Å². The molecule has 0 fully saturated rings. The van der Waals surface area contributed by atoms with Crippen LogP contribution in [0.5, 0.6) is 0 Å². The van der Waals surface area contributed by atoms with E-state index in [1.807, 2.05) is 12.3 Å². The van der Waals surface area contributed by atoms with Crippen molar-refractivity contribution in [1.29, 1.82) is 0 Å². The first-order valence-corrected chi connectivity index (χ1v) is 9.60. The normalized spacial score (nSPS) is 11.5. The van der Waals surface area contributed by atoms with Gasteiger partial charge in [-0.15, -0.1) is 24.0 Å². The summed E-state index contributed by atoms with van der Waals surface area (Å²) in [6.07, 6.45) is 4.99. The second kappa shape index (κ2) is 14.6. The van der Waals surface area contributed by atoms with E-state index in [1.54, 1.807) is 7.05 Å². The third-order valence-corrected chi connectivity index (χ3v) is 4.19. The molecular formula is C20H32FIN4O2. The monoisotopic (exact) mass is 506 g/mol. The Morgan fingerprint density at radius 2 is 1.86 bits per heavy atom. The Labute approximate surface area is 183 Å². The molecule has 0 saturated carbocycles. The van der Waals surface area contributed by atoms with Crippen molar-refractivity contribution < 1.29 is 13.9 Å². The van der Waals surface area contributed by atoms with Crippen LogP contribution in [0.3, 0.4) is 0 Å². The summed E-state index contributed by atoms with van der Waals surface area (Å²) in [7, 11) is 1.74. The smallest absolute Gasteiger partial charge is 0.191 e. The third-order valence-electron chi connectivity index (χ3n) is 4.19. The number of nitrogens with zero attached hydrogens (tertiary/aromatic N) is 1. The molecule has 0 atom stereocenters. The molecule has 1 aromatic carbocycles. The molecule has 0 aliphatic carbocycles. The second-order valence-corrected chi connectivity index (χ2v) is 6.26. The quantitative estimate of drug-likeness (QED) is 0.179. The summed E-state index contributed by atoms with van der Waals surface area (Å²) in [6.45, 7) is 6.22. The van der Waals surface area contributed by atoms with E-state index in [1.165, 1.54) is 12.1 Å². The summed E-state index contributed by atoms with van der Waals surface area (Å²) in [4.78, 5) is 7.32. The van der Waals surface area contributed by atoms with Crippen molar-refractivity contribution in [2.24, 2.45) is 4.99 Å². The molecule has 6 nitrogen and oxygen atoms in total. The zero-order chi connectivity index (χ0) is 19.3. The summed E-state index contributed by atoms with van der Waals surface area (Å²) in [5, 5.41) is 7.55. The molecule has 2 rings (SSSR count). The first-order valence-electron chi connectivity index (χ1n) is 9.60. The highest BCUT2D eigenvalue weighted by Gasteiger charge is 2.05. The van der Waals surface area contributed by atoms with E-state index in [9.17, 15) is 4.39 Å². The largest absolute Gasteiger partial charge is 0.379 e. The van der Waals surface area contributed by atoms with Crippen LogP contribution in [0.1, 0.15) is 25.3 Å². The maximum absolute atomic E-state index is 13.2. The highest BCUT2D eigenvalue weighted by molar-refractivity contribution is 14.0. The average molecular weight is 506 g/mol. The molecule has 0 aliphatic heterocycles. The Kier molecular flexibility index (Phi) is 12.8. The van der Waals surface area contributed by atoms with Gasteiger partial charge in [-0.1, -0.05) is 13.3 Å². The summed E-state index contributed by atoms with van der Waals surface area (Å²) >= 11 is 0. The van der Waals surface area contributed by atoms with E-state index in [4.69, 9.17) is 9.47 Å². The van der Waals surface area contributed by atoms with Crippen LogP contribution < -0.4 is 10.6 Å². The minimum absolute atomic E-state index is 0. The number of guanidine groups is 1. The minimum atomic E-state index is -0.228. The molecule has 0 unspecified atom stereocenters. The molecule has 2 aromatic rings. The maximum atomic E-state index is 13.2. The molecule has 0 amide bonds. The SMILES string of the molecule is CCCCOCCOCCNC(=NC)NCCc1c[nH]c2cc(F)ccc12.I. The first kappa shape index (κ1) is 24.6. The van der Waals surface area contributed by atoms with Crippen LogP contribution in [0.25, 0.3) is 10.9 Å². The van der Waals surface area contributed by atoms with Gasteiger partial charge in [-0.2, -0.15) is 0 Å². The van der Waals surface area contributed by atoms with Crippen molar-refractivity contribution in [3.63, 3.8) is 0 Å². The summed E-state index contributed by atoms with van der Waals surface area (Å²) in [6, 6.07) is 4.82. The number of halogens is 2. The van der Waals surface area contributed by atoms with Crippen LogP contribution in [-0.4, -0.2) is 57.5 Å². The highest BCUT2D eigenvalue weighted by Crippen LogP contribution is 2.19. The van der Waals surface area contributed by atoms with E-state index in [2.05, 4.69) is 27.5 Å². The van der Waals surface area contributed by atoms with Crippen LogP contribution in [-0.2, 0) is 15.9 Å². The molecule has 8 heteroatoms. The van der Waals surface area contributed by atoms with Crippen molar-refractivity contribution >= 4 is 40.8 Å². The molecule has 3 N–H and O–H groups in total. The van der Waals surface area contributed by atoms with Crippen LogP contribution in [0.2, 0.25) is 0 Å². The molecule has 0 radical (unpaired) electrons. The van der Waals surface area contributed by atoms with Gasteiger partial charge in [-0.05, 0) is 36.6 Å². The number of H-pyrrole nitrogens is 1. The number of benzene rings is 1. The highest BCUT2D eigenvalue weighted by atomic mass is 127. The predicted molar refractivity (Wildman–Crippen MR) is 123 cm³/mol. The van der Waals surface area contributed by atoms with Gasteiger partial charge in [0.15, 0.2) is 5.96 Å². The number of aromatic amines is 1. The van der Waals surface area contributed by atoms with Gasteiger partial charge in [-0.25, -0.2) is 4.39 Å². The van der Waals surface area contributed by atoms with Crippen LogP contribution in [0, 0.1) is 5.82 Å². The van der Waals surface area contributed by atoms with Crippen molar-refractivity contribution in [3.05, 3.63) is 35.8 Å². The van der Waals surface area contributed by atoms with Gasteiger partial charge < -0.3 is 25.1 Å². The zero-order valence-electron chi connectivity index (χ0n) is 16.7. The third kappa shape index (κ3) is 8.74. The molecule has 1 aromatic heterocycles. The predicted octanol–water partition coefficient (Wildman–Crippen LogP) is 3.47. The fourth-order valence-electron chi connectivity index (χ4n) is 2.71. The van der Waals surface area contributed by atoms with E-state index < -0.39 is 0 Å². The van der Waals surface area contributed by atoms with Crippen molar-refractivity contribution in [3.8, 4) is 0 Å². The number of hydrogen-bond donors (Lipinski definition) is 3. The van der Waals surface area contributed by atoms with Gasteiger partial charge in [0, 0.05) is 43.8 Å². The summed E-state index contributed by atoms with van der Waals surface area (Å²) < 4.78 is 24.2. The lowest BCUT2D eigenvalue weighted by Gasteiger charge is -2.12. The van der Waals surface area contributed by atoms with Gasteiger partial charge in [0.05, 0.1) is 19.8 Å². The lowest BCUT2D eigenvalue weighted by atomic mass is 10.1. The fourth-order valence-corrected chi connectivity index (χ4v) is 2.71. The Hall–Kier alpha value is -1.39. The number of nitrogens with one attached hydrogen (secondary N) is 3. The average Bonchev–Trinajstić information content (AvgIpc) is 3.07. The molecule has 0 spiro atoms. The van der Waals surface area contributed by atoms with Crippen LogP contribution >= 0.6 is 24.0 Å². The number of fused-ring (bicyclic) bond motifs is 1. The molecule has 158 valence electrons. The van der Waals surface area contributed by atoms with Gasteiger partial charge in [0.25, 0.3) is 0 Å². The zero-order valence-corrected chi connectivity index (χ0v) is 19.1. The van der Waals surface area contributed by atoms with Gasteiger partial charge in [-0.3, -0.25) is 4.99 Å². The molecule has 28 heavy (non-hydrogen) atoms. The lowest BCUT2D eigenvalue weighted by molar-refractivity contribution is 0.0487. The number of unbranched alkanes of at least 4 members (excludes halogenated alkanes) is 1. The van der Waals surface area contributed by atoms with Crippen LogP contribution in [0.15, 0.2) is 29.4 Å². The summed E-state index contributed by atoms with van der Waals surface area (Å²) in [5.41, 5.74) is 1.97. The van der Waals surface area contributed by atoms with Gasteiger partial charge in [0.1, 0.15) is 5.82 Å². The fraction of sp³-hybridized carbons (Fsp3) is 0.550. The minimum Gasteiger partial charge on any atom is -0.379 e. The first-order chi connectivity index (χ1) is 13.2. The van der Waals surface area contributed by atoms with Crippen LogP contribution in [0.4, 0.5) is 4.39 Å². The van der Waals surface area contributed by atoms with Crippen molar-refractivity contribution in [1.82, 2.24) is 15.6 Å². The van der Waals surface area contributed by atoms with E-state index in [-0.39, 0.29) is 29.8 Å². The summed E-state index contributed by atoms with van der Waals surface area (Å²) in [5.74, 6) is 0.511. The number of hydrogen-bond acceptors (Lipinski definition) is 3. The second-order valence-electron chi connectivity index (χ2n) is 6.26. The Balaban J connectivity index is 0.00000392. The number of rotatable bonds is 12. The van der Waals surface area contributed by atoms with Crippen molar-refractivity contribution in [2.45, 2.75) is 26.2 Å². The lowest BCUT2D eigenvalue weighted by Crippen LogP contribution is -2.39. The Morgan fingerprint density at radius 1 is 1.11 bits per heavy atom. The molecule has 0 saturated heterocycles. The number of ether oxygens (including phenoxy) is 2. The Morgan fingerprint density at radius 3 is 2.61 bits per heavy atom. The van der Waals surface area contributed by atoms with E-state index >= 15 is 0 Å². The molecule has 0 bridgehead atoms. The molecular weight excluding hydrogens is 474 g/mol. The topological polar surface area (TPSA) is 70.7 Å².